The summed E-state index contributed by atoms with van der Waals surface area (Å²) in [6, 6.07) is 16.2. The van der Waals surface area contributed by atoms with Crippen molar-refractivity contribution in [2.75, 3.05) is 12.0 Å². The first-order valence-electron chi connectivity index (χ1n) is 9.41. The van der Waals surface area contributed by atoms with E-state index in [0.717, 1.165) is 39.5 Å². The summed E-state index contributed by atoms with van der Waals surface area (Å²) in [5, 5.41) is 4.45. The summed E-state index contributed by atoms with van der Waals surface area (Å²) in [4.78, 5) is 15.1. The molecule has 144 valence electrons. The van der Waals surface area contributed by atoms with Gasteiger partial charge in [0.15, 0.2) is 0 Å². The normalized spacial score (nSPS) is 15.0. The number of ether oxygens (including phenoxy) is 1. The molecule has 0 atom stereocenters. The summed E-state index contributed by atoms with van der Waals surface area (Å²) in [7, 11) is 3.60. The molecule has 0 saturated heterocycles. The highest BCUT2D eigenvalue weighted by atomic mass is 16.5. The Morgan fingerprint density at radius 3 is 2.39 bits per heavy atom. The largest absolute Gasteiger partial charge is 0.497 e. The van der Waals surface area contributed by atoms with Gasteiger partial charge >= 0.3 is 0 Å². The molecule has 5 heteroatoms. The summed E-state index contributed by atoms with van der Waals surface area (Å²) in [5.74, 6) is 0.933. The predicted molar refractivity (Wildman–Crippen MR) is 111 cm³/mol. The Labute approximate surface area is 165 Å². The van der Waals surface area contributed by atoms with Crippen molar-refractivity contribution >= 4 is 11.6 Å². The van der Waals surface area contributed by atoms with Crippen LogP contribution >= 0.6 is 0 Å². The molecular weight excluding hydrogens is 350 g/mol. The standard InChI is InChI=1S/C23H25N3O2/c1-15-12-20(25(4)24-15)17-8-11-19-21(13-17)26(22(27)23(19,2)3)14-16-6-9-18(28-5)10-7-16/h6-13H,14H2,1-5H3. The van der Waals surface area contributed by atoms with Crippen LogP contribution in [0.5, 0.6) is 5.75 Å². The lowest BCUT2D eigenvalue weighted by Crippen LogP contribution is -2.35. The highest BCUT2D eigenvalue weighted by Gasteiger charge is 2.43. The molecule has 0 unspecified atom stereocenters. The minimum Gasteiger partial charge on any atom is -0.497 e. The van der Waals surface area contributed by atoms with Gasteiger partial charge in [-0.1, -0.05) is 24.3 Å². The number of rotatable bonds is 4. The number of amides is 1. The first-order chi connectivity index (χ1) is 13.3. The van der Waals surface area contributed by atoms with E-state index in [1.54, 1.807) is 7.11 Å². The third-order valence-electron chi connectivity index (χ3n) is 5.54. The lowest BCUT2D eigenvalue weighted by Gasteiger charge is -2.20. The maximum atomic E-state index is 13.2. The number of hydrogen-bond donors (Lipinski definition) is 0. The van der Waals surface area contributed by atoms with E-state index in [2.05, 4.69) is 29.4 Å². The Bertz CT molecular complexity index is 1050. The Balaban J connectivity index is 1.76. The lowest BCUT2D eigenvalue weighted by molar-refractivity contribution is -0.122. The molecule has 0 aliphatic carbocycles. The summed E-state index contributed by atoms with van der Waals surface area (Å²) in [6.45, 7) is 6.51. The van der Waals surface area contributed by atoms with Crippen molar-refractivity contribution < 1.29 is 9.53 Å². The number of hydrogen-bond acceptors (Lipinski definition) is 3. The third kappa shape index (κ3) is 2.87. The van der Waals surface area contributed by atoms with Crippen molar-refractivity contribution in [2.24, 2.45) is 7.05 Å². The van der Waals surface area contributed by atoms with Gasteiger partial charge in [0.1, 0.15) is 5.75 Å². The monoisotopic (exact) mass is 375 g/mol. The summed E-state index contributed by atoms with van der Waals surface area (Å²) in [6.07, 6.45) is 0. The number of nitrogens with zero attached hydrogens (tertiary/aromatic N) is 3. The van der Waals surface area contributed by atoms with Crippen LogP contribution in [0.25, 0.3) is 11.3 Å². The number of fused-ring (bicyclic) bond motifs is 1. The number of carbonyl (C=O) groups is 1. The second kappa shape index (κ2) is 6.51. The van der Waals surface area contributed by atoms with Crippen LogP contribution in [0.2, 0.25) is 0 Å². The second-order valence-electron chi connectivity index (χ2n) is 7.89. The van der Waals surface area contributed by atoms with Gasteiger partial charge in [-0.25, -0.2) is 0 Å². The first-order valence-corrected chi connectivity index (χ1v) is 9.41. The molecule has 1 aliphatic rings. The first kappa shape index (κ1) is 18.3. The van der Waals surface area contributed by atoms with Gasteiger partial charge in [0, 0.05) is 18.3 Å². The van der Waals surface area contributed by atoms with Crippen molar-refractivity contribution in [3.05, 3.63) is 65.4 Å². The number of carbonyl (C=O) groups excluding carboxylic acids is 1. The maximum absolute atomic E-state index is 13.2. The second-order valence-corrected chi connectivity index (χ2v) is 7.89. The molecule has 0 saturated carbocycles. The van der Waals surface area contributed by atoms with Crippen LogP contribution in [0, 0.1) is 6.92 Å². The fraction of sp³-hybridized carbons (Fsp3) is 0.304. The molecule has 0 spiro atoms. The van der Waals surface area contributed by atoms with Crippen molar-refractivity contribution in [1.82, 2.24) is 9.78 Å². The van der Waals surface area contributed by atoms with Crippen molar-refractivity contribution in [3.8, 4) is 17.0 Å². The topological polar surface area (TPSA) is 47.4 Å². The summed E-state index contributed by atoms with van der Waals surface area (Å²) >= 11 is 0. The molecular formula is C23H25N3O2. The fourth-order valence-corrected chi connectivity index (χ4v) is 3.96. The summed E-state index contributed by atoms with van der Waals surface area (Å²) in [5.41, 5.74) is 5.65. The molecule has 0 radical (unpaired) electrons. The van der Waals surface area contributed by atoms with Gasteiger partial charge in [0.05, 0.1) is 30.5 Å². The van der Waals surface area contributed by atoms with E-state index < -0.39 is 5.41 Å². The van der Waals surface area contributed by atoms with Crippen LogP contribution in [0.3, 0.4) is 0 Å². The molecule has 5 nitrogen and oxygen atoms in total. The molecule has 0 fully saturated rings. The molecule has 3 aromatic rings. The van der Waals surface area contributed by atoms with E-state index in [-0.39, 0.29) is 5.91 Å². The quantitative estimate of drug-likeness (QED) is 0.686. The van der Waals surface area contributed by atoms with Gasteiger partial charge in [0.2, 0.25) is 5.91 Å². The van der Waals surface area contributed by atoms with E-state index in [1.165, 1.54) is 0 Å². The molecule has 28 heavy (non-hydrogen) atoms. The predicted octanol–water partition coefficient (Wildman–Crippen LogP) is 4.23. The van der Waals surface area contributed by atoms with Gasteiger partial charge in [-0.3, -0.25) is 9.48 Å². The summed E-state index contributed by atoms with van der Waals surface area (Å²) < 4.78 is 7.12. The molecule has 0 bridgehead atoms. The van der Waals surface area contributed by atoms with Crippen molar-refractivity contribution in [1.29, 1.82) is 0 Å². The van der Waals surface area contributed by atoms with Crippen LogP contribution in [0.4, 0.5) is 5.69 Å². The van der Waals surface area contributed by atoms with E-state index in [1.807, 2.05) is 61.7 Å². The molecule has 1 aromatic heterocycles. The molecule has 0 N–H and O–H groups in total. The Hall–Kier alpha value is -3.08. The Morgan fingerprint density at radius 2 is 1.79 bits per heavy atom. The van der Waals surface area contributed by atoms with Crippen molar-refractivity contribution in [2.45, 2.75) is 32.7 Å². The number of methoxy groups -OCH3 is 1. The molecule has 2 heterocycles. The van der Waals surface area contributed by atoms with Crippen LogP contribution in [-0.2, 0) is 23.8 Å². The molecule has 1 aliphatic heterocycles. The van der Waals surface area contributed by atoms with Crippen LogP contribution in [-0.4, -0.2) is 22.8 Å². The van der Waals surface area contributed by atoms with E-state index >= 15 is 0 Å². The fourth-order valence-electron chi connectivity index (χ4n) is 3.96. The van der Waals surface area contributed by atoms with Crippen LogP contribution in [0.1, 0.15) is 30.7 Å². The van der Waals surface area contributed by atoms with Gasteiger partial charge in [-0.05, 0) is 56.2 Å². The Kier molecular flexibility index (Phi) is 4.26. The SMILES string of the molecule is COc1ccc(CN2C(=O)C(C)(C)c3ccc(-c4cc(C)nn4C)cc32)cc1. The van der Waals surface area contributed by atoms with Gasteiger partial charge in [-0.2, -0.15) is 5.10 Å². The lowest BCUT2D eigenvalue weighted by atomic mass is 9.85. The van der Waals surface area contributed by atoms with E-state index in [4.69, 9.17) is 4.74 Å². The number of benzene rings is 2. The maximum Gasteiger partial charge on any atom is 0.237 e. The average molecular weight is 375 g/mol. The van der Waals surface area contributed by atoms with Gasteiger partial charge in [-0.15, -0.1) is 0 Å². The molecule has 1 amide bonds. The van der Waals surface area contributed by atoms with Crippen molar-refractivity contribution in [3.63, 3.8) is 0 Å². The zero-order valence-electron chi connectivity index (χ0n) is 17.0. The Morgan fingerprint density at radius 1 is 1.07 bits per heavy atom. The smallest absolute Gasteiger partial charge is 0.237 e. The third-order valence-corrected chi connectivity index (χ3v) is 5.54. The minimum atomic E-state index is -0.539. The van der Waals surface area contributed by atoms with Gasteiger partial charge in [0.25, 0.3) is 0 Å². The van der Waals surface area contributed by atoms with E-state index in [9.17, 15) is 4.79 Å². The number of anilines is 1. The van der Waals surface area contributed by atoms with Crippen LogP contribution < -0.4 is 9.64 Å². The molecule has 2 aromatic carbocycles. The number of aromatic nitrogens is 2. The van der Waals surface area contributed by atoms with Gasteiger partial charge < -0.3 is 9.64 Å². The zero-order chi connectivity index (χ0) is 20.1. The average Bonchev–Trinajstić information content (AvgIpc) is 3.11. The zero-order valence-corrected chi connectivity index (χ0v) is 17.0. The molecule has 4 rings (SSSR count). The van der Waals surface area contributed by atoms with E-state index in [0.29, 0.717) is 6.54 Å². The highest BCUT2D eigenvalue weighted by molar-refractivity contribution is 6.08. The highest BCUT2D eigenvalue weighted by Crippen LogP contribution is 2.44. The number of aryl methyl sites for hydroxylation is 2. The van der Waals surface area contributed by atoms with Crippen LogP contribution in [0.15, 0.2) is 48.5 Å². The minimum absolute atomic E-state index is 0.122.